The zero-order valence-electron chi connectivity index (χ0n) is 4.46. The number of aliphatic hydroxyl groups is 1. The zero-order valence-corrected chi connectivity index (χ0v) is 5.27. The maximum absolute atomic E-state index is 8.51. The number of rotatable bonds is 1. The fourth-order valence-electron chi connectivity index (χ4n) is 0.397. The topological polar surface area (TPSA) is 46.0 Å². The normalized spacial score (nSPS) is 9.75. The molecule has 0 saturated heterocycles. The summed E-state index contributed by atoms with van der Waals surface area (Å²) in [6.07, 6.45) is 0. The molecule has 0 aliphatic carbocycles. The molecule has 0 saturated carbocycles. The maximum atomic E-state index is 8.51. The third-order valence-electron chi connectivity index (χ3n) is 0.895. The lowest BCUT2D eigenvalue weighted by atomic mass is 10.4. The molecule has 0 spiro atoms. The SMILES string of the molecule is Cc1snnc1CO. The Hall–Kier alpha value is -0.480. The van der Waals surface area contributed by atoms with Crippen molar-refractivity contribution in [3.05, 3.63) is 10.6 Å². The number of aliphatic hydroxyl groups excluding tert-OH is 1. The second kappa shape index (κ2) is 2.19. The van der Waals surface area contributed by atoms with Crippen LogP contribution in [-0.4, -0.2) is 14.7 Å². The van der Waals surface area contributed by atoms with Crippen LogP contribution in [0.15, 0.2) is 0 Å². The van der Waals surface area contributed by atoms with Crippen molar-refractivity contribution in [3.63, 3.8) is 0 Å². The smallest absolute Gasteiger partial charge is 0.104 e. The van der Waals surface area contributed by atoms with Crippen LogP contribution in [0.2, 0.25) is 0 Å². The lowest BCUT2D eigenvalue weighted by molar-refractivity contribution is 0.276. The van der Waals surface area contributed by atoms with Crippen LogP contribution < -0.4 is 0 Å². The molecule has 0 unspecified atom stereocenters. The molecular weight excluding hydrogens is 124 g/mol. The standard InChI is InChI=1S/C4H6N2OS/c1-3-4(2-7)5-6-8-3/h7H,2H2,1H3. The van der Waals surface area contributed by atoms with Gasteiger partial charge in [0.15, 0.2) is 0 Å². The first-order valence-electron chi connectivity index (χ1n) is 2.23. The Kier molecular flexibility index (Phi) is 1.55. The van der Waals surface area contributed by atoms with Gasteiger partial charge in [-0.2, -0.15) is 0 Å². The van der Waals surface area contributed by atoms with E-state index in [1.807, 2.05) is 6.92 Å². The molecule has 1 N–H and O–H groups in total. The van der Waals surface area contributed by atoms with Crippen LogP contribution in [0.25, 0.3) is 0 Å². The summed E-state index contributed by atoms with van der Waals surface area (Å²) in [7, 11) is 0. The summed E-state index contributed by atoms with van der Waals surface area (Å²) in [6, 6.07) is 0. The summed E-state index contributed by atoms with van der Waals surface area (Å²) in [5.41, 5.74) is 0.690. The summed E-state index contributed by atoms with van der Waals surface area (Å²) in [6.45, 7) is 1.89. The Bertz CT molecular complexity index is 174. The van der Waals surface area contributed by atoms with Crippen molar-refractivity contribution >= 4 is 11.5 Å². The lowest BCUT2D eigenvalue weighted by Gasteiger charge is -1.82. The molecule has 0 aliphatic rings. The predicted molar refractivity (Wildman–Crippen MR) is 30.6 cm³/mol. The molecule has 0 amide bonds. The van der Waals surface area contributed by atoms with E-state index in [-0.39, 0.29) is 6.61 Å². The van der Waals surface area contributed by atoms with Gasteiger partial charge in [0.05, 0.1) is 6.61 Å². The lowest BCUT2D eigenvalue weighted by Crippen LogP contribution is -1.83. The van der Waals surface area contributed by atoms with Crippen LogP contribution >= 0.6 is 11.5 Å². The minimum absolute atomic E-state index is 0.00231. The number of aromatic nitrogens is 2. The van der Waals surface area contributed by atoms with E-state index < -0.39 is 0 Å². The third-order valence-corrected chi connectivity index (χ3v) is 1.57. The van der Waals surface area contributed by atoms with E-state index in [0.717, 1.165) is 4.88 Å². The molecule has 8 heavy (non-hydrogen) atoms. The Morgan fingerprint density at radius 1 is 1.75 bits per heavy atom. The average Bonchev–Trinajstić information content (AvgIpc) is 2.14. The first-order chi connectivity index (χ1) is 3.84. The number of nitrogens with zero attached hydrogens (tertiary/aromatic N) is 2. The van der Waals surface area contributed by atoms with E-state index >= 15 is 0 Å². The van der Waals surface area contributed by atoms with E-state index in [0.29, 0.717) is 5.69 Å². The summed E-state index contributed by atoms with van der Waals surface area (Å²) >= 11 is 1.31. The highest BCUT2D eigenvalue weighted by Gasteiger charge is 1.97. The van der Waals surface area contributed by atoms with Gasteiger partial charge < -0.3 is 5.11 Å². The Morgan fingerprint density at radius 3 is 2.75 bits per heavy atom. The van der Waals surface area contributed by atoms with E-state index in [1.165, 1.54) is 11.5 Å². The average molecular weight is 130 g/mol. The van der Waals surface area contributed by atoms with Crippen LogP contribution in [0.4, 0.5) is 0 Å². The zero-order chi connectivity index (χ0) is 5.98. The molecule has 1 aromatic heterocycles. The highest BCUT2D eigenvalue weighted by Crippen LogP contribution is 2.06. The predicted octanol–water partition coefficient (Wildman–Crippen LogP) is 0.339. The van der Waals surface area contributed by atoms with Crippen LogP contribution in [0, 0.1) is 6.92 Å². The third kappa shape index (κ3) is 0.850. The van der Waals surface area contributed by atoms with Crippen molar-refractivity contribution in [1.29, 1.82) is 0 Å². The van der Waals surface area contributed by atoms with Gasteiger partial charge in [-0.15, -0.1) is 5.10 Å². The minimum Gasteiger partial charge on any atom is -0.390 e. The summed E-state index contributed by atoms with van der Waals surface area (Å²) in [5, 5.41) is 12.2. The molecular formula is C4H6N2OS. The van der Waals surface area contributed by atoms with Crippen LogP contribution in [0.1, 0.15) is 10.6 Å². The fraction of sp³-hybridized carbons (Fsp3) is 0.500. The van der Waals surface area contributed by atoms with Crippen molar-refractivity contribution in [3.8, 4) is 0 Å². The monoisotopic (exact) mass is 130 g/mol. The highest BCUT2D eigenvalue weighted by atomic mass is 32.1. The van der Waals surface area contributed by atoms with Crippen molar-refractivity contribution in [1.82, 2.24) is 9.59 Å². The van der Waals surface area contributed by atoms with Crippen molar-refractivity contribution < 1.29 is 5.11 Å². The van der Waals surface area contributed by atoms with Gasteiger partial charge in [-0.1, -0.05) is 4.49 Å². The number of hydrogen-bond donors (Lipinski definition) is 1. The van der Waals surface area contributed by atoms with Crippen molar-refractivity contribution in [2.24, 2.45) is 0 Å². The molecule has 0 fully saturated rings. The molecule has 44 valence electrons. The Balaban J connectivity index is 2.92. The van der Waals surface area contributed by atoms with Gasteiger partial charge in [0.25, 0.3) is 0 Å². The highest BCUT2D eigenvalue weighted by molar-refractivity contribution is 7.05. The minimum atomic E-state index is 0.00231. The second-order valence-corrected chi connectivity index (χ2v) is 2.39. The first-order valence-corrected chi connectivity index (χ1v) is 3.00. The number of aryl methyl sites for hydroxylation is 1. The Morgan fingerprint density at radius 2 is 2.50 bits per heavy atom. The fourth-order valence-corrected chi connectivity index (χ4v) is 0.870. The van der Waals surface area contributed by atoms with E-state index in [2.05, 4.69) is 9.59 Å². The maximum Gasteiger partial charge on any atom is 0.104 e. The van der Waals surface area contributed by atoms with Gasteiger partial charge in [-0.3, -0.25) is 0 Å². The van der Waals surface area contributed by atoms with Crippen LogP contribution in [0.5, 0.6) is 0 Å². The van der Waals surface area contributed by atoms with E-state index in [9.17, 15) is 0 Å². The molecule has 0 atom stereocenters. The molecule has 0 aliphatic heterocycles. The van der Waals surface area contributed by atoms with Gasteiger partial charge >= 0.3 is 0 Å². The quantitative estimate of drug-likeness (QED) is 0.596. The Labute approximate surface area is 51.1 Å². The largest absolute Gasteiger partial charge is 0.390 e. The molecule has 1 rings (SSSR count). The molecule has 1 aromatic rings. The van der Waals surface area contributed by atoms with Gasteiger partial charge in [0.1, 0.15) is 5.69 Å². The summed E-state index contributed by atoms with van der Waals surface area (Å²) in [5.74, 6) is 0. The van der Waals surface area contributed by atoms with Gasteiger partial charge in [0, 0.05) is 4.88 Å². The van der Waals surface area contributed by atoms with Gasteiger partial charge in [-0.05, 0) is 18.5 Å². The molecule has 3 nitrogen and oxygen atoms in total. The first kappa shape index (κ1) is 5.65. The second-order valence-electron chi connectivity index (χ2n) is 1.43. The van der Waals surface area contributed by atoms with E-state index in [4.69, 9.17) is 5.11 Å². The van der Waals surface area contributed by atoms with Crippen LogP contribution in [-0.2, 0) is 6.61 Å². The van der Waals surface area contributed by atoms with E-state index in [1.54, 1.807) is 0 Å². The summed E-state index contributed by atoms with van der Waals surface area (Å²) in [4.78, 5) is 0.993. The van der Waals surface area contributed by atoms with Gasteiger partial charge in [-0.25, -0.2) is 0 Å². The molecule has 4 heteroatoms. The molecule has 1 heterocycles. The summed E-state index contributed by atoms with van der Waals surface area (Å²) < 4.78 is 3.62. The number of hydrogen-bond acceptors (Lipinski definition) is 4. The van der Waals surface area contributed by atoms with Crippen molar-refractivity contribution in [2.45, 2.75) is 13.5 Å². The van der Waals surface area contributed by atoms with Crippen LogP contribution in [0.3, 0.4) is 0 Å². The van der Waals surface area contributed by atoms with Crippen molar-refractivity contribution in [2.75, 3.05) is 0 Å². The van der Waals surface area contributed by atoms with Gasteiger partial charge in [0.2, 0.25) is 0 Å². The molecule has 0 radical (unpaired) electrons. The molecule has 0 bridgehead atoms. The molecule has 0 aromatic carbocycles.